The smallest absolute Gasteiger partial charge is 0.167 e. The summed E-state index contributed by atoms with van der Waals surface area (Å²) >= 11 is 0. The predicted molar refractivity (Wildman–Crippen MR) is 151 cm³/mol. The molecule has 0 amide bonds. The van der Waals surface area contributed by atoms with Crippen LogP contribution in [0, 0.1) is 17.8 Å². The lowest BCUT2D eigenvalue weighted by molar-refractivity contribution is -0.131. The number of fused-ring (bicyclic) bond motifs is 1. The second-order valence-corrected chi connectivity index (χ2v) is 10.5. The van der Waals surface area contributed by atoms with Gasteiger partial charge in [0.05, 0.1) is 18.6 Å². The van der Waals surface area contributed by atoms with Gasteiger partial charge in [0.15, 0.2) is 5.78 Å². The van der Waals surface area contributed by atoms with Gasteiger partial charge in [0, 0.05) is 41.6 Å². The highest BCUT2D eigenvalue weighted by Gasteiger charge is 2.35. The molecule has 3 rings (SSSR count). The first-order valence-corrected chi connectivity index (χ1v) is 13.0. The van der Waals surface area contributed by atoms with Gasteiger partial charge in [-0.05, 0) is 73.6 Å². The fraction of sp³-hybridized carbons (Fsp3) is 0.500. The molecule has 3 unspecified atom stereocenters. The Hall–Kier alpha value is -3.07. The van der Waals surface area contributed by atoms with E-state index in [-0.39, 0.29) is 62.7 Å². The van der Waals surface area contributed by atoms with Crippen molar-refractivity contribution in [3.05, 3.63) is 58.7 Å². The summed E-state index contributed by atoms with van der Waals surface area (Å²) in [4.78, 5) is 39.5. The molecule has 38 heavy (non-hydrogen) atoms. The molecule has 2 aromatic carbocycles. The Bertz CT molecular complexity index is 1120. The Balaban J connectivity index is 0.00000507. The van der Waals surface area contributed by atoms with Gasteiger partial charge in [-0.2, -0.15) is 0 Å². The molecule has 0 aromatic heterocycles. The van der Waals surface area contributed by atoms with E-state index in [4.69, 9.17) is 0 Å². The number of carbonyl (C=O) groups is 3. The number of aliphatic hydroxyl groups excluding tert-OH is 2. The predicted octanol–water partition coefficient (Wildman–Crippen LogP) is 3.20. The van der Waals surface area contributed by atoms with Crippen molar-refractivity contribution in [2.75, 3.05) is 32.2 Å². The van der Waals surface area contributed by atoms with Crippen molar-refractivity contribution < 1.29 is 38.0 Å². The summed E-state index contributed by atoms with van der Waals surface area (Å²) in [6.45, 7) is 0.788. The number of benzene rings is 2. The van der Waals surface area contributed by atoms with Crippen molar-refractivity contribution in [1.29, 1.82) is 0 Å². The number of nitrogens with zero attached hydrogens (tertiary/aromatic N) is 1. The third-order valence-electron chi connectivity index (χ3n) is 7.45. The largest absolute Gasteiger partial charge is 0.507 e. The van der Waals surface area contributed by atoms with Crippen LogP contribution in [0.1, 0.15) is 62.5 Å². The maximum absolute atomic E-state index is 13.4. The molecule has 3 atom stereocenters. The Kier molecular flexibility index (Phi) is 11.6. The third kappa shape index (κ3) is 7.49. The van der Waals surface area contributed by atoms with Crippen molar-refractivity contribution in [3.63, 3.8) is 0 Å². The molecule has 2 aromatic rings. The standard InChI is InChI=1S/C30H39NO6.H2O.2H2/c1-19(34)13-27(35)25(18-33)22(11-12-32)14-21-15-24-26(31(2)3)17-23(30(37)29(24)28(36)16-21)10-9-20-7-5-4-6-8-20;;;/h4-8,17,21-22,25,32-33,37H,9-16,18H2,1-3H3;1H2;2*1H. The number of carbonyl (C=O) groups excluding carboxylic acids is 3. The number of hydrogen-bond acceptors (Lipinski definition) is 7. The van der Waals surface area contributed by atoms with Gasteiger partial charge in [0.2, 0.25) is 0 Å². The molecule has 8 heteroatoms. The number of aryl methyl sites for hydroxylation is 2. The van der Waals surface area contributed by atoms with E-state index in [0.29, 0.717) is 31.2 Å². The molecule has 0 bridgehead atoms. The average molecular weight is 532 g/mol. The summed E-state index contributed by atoms with van der Waals surface area (Å²) in [5, 5.41) is 30.7. The lowest BCUT2D eigenvalue weighted by Crippen LogP contribution is -2.33. The number of anilines is 1. The number of aromatic hydroxyl groups is 1. The first kappa shape index (κ1) is 31.1. The van der Waals surface area contributed by atoms with Crippen LogP contribution in [0.2, 0.25) is 0 Å². The SMILES string of the molecule is CC(=O)CC(=O)C(CO)C(CCO)CC1CC(=O)c2c(O)c(CCc3ccccc3)cc(N(C)C)c2C1.O.[HH].[HH]. The zero-order chi connectivity index (χ0) is 27.1. The van der Waals surface area contributed by atoms with Crippen molar-refractivity contribution in [1.82, 2.24) is 0 Å². The number of aliphatic hydroxyl groups is 2. The van der Waals surface area contributed by atoms with Crippen LogP contribution in [0.25, 0.3) is 0 Å². The molecule has 0 heterocycles. The Morgan fingerprint density at radius 3 is 2.37 bits per heavy atom. The summed E-state index contributed by atoms with van der Waals surface area (Å²) in [6.07, 6.45) is 2.63. The first-order valence-electron chi connectivity index (χ1n) is 13.0. The van der Waals surface area contributed by atoms with E-state index < -0.39 is 12.5 Å². The molecule has 0 fully saturated rings. The van der Waals surface area contributed by atoms with E-state index in [1.165, 1.54) is 6.92 Å². The second kappa shape index (κ2) is 14.2. The van der Waals surface area contributed by atoms with Gasteiger partial charge in [-0.1, -0.05) is 30.3 Å². The molecule has 1 aliphatic carbocycles. The van der Waals surface area contributed by atoms with Gasteiger partial charge in [0.25, 0.3) is 0 Å². The quantitative estimate of drug-likeness (QED) is 0.336. The number of phenolic OH excluding ortho intramolecular Hbond substituents is 1. The molecule has 0 spiro atoms. The molecule has 0 saturated carbocycles. The van der Waals surface area contributed by atoms with Crippen LogP contribution < -0.4 is 4.90 Å². The van der Waals surface area contributed by atoms with Gasteiger partial charge >= 0.3 is 0 Å². The minimum atomic E-state index is -0.755. The minimum Gasteiger partial charge on any atom is -0.507 e. The van der Waals surface area contributed by atoms with Gasteiger partial charge in [0.1, 0.15) is 17.3 Å². The number of phenols is 1. The zero-order valence-corrected chi connectivity index (χ0v) is 22.6. The van der Waals surface area contributed by atoms with E-state index >= 15 is 0 Å². The Morgan fingerprint density at radius 2 is 1.79 bits per heavy atom. The summed E-state index contributed by atoms with van der Waals surface area (Å²) < 4.78 is 0. The highest BCUT2D eigenvalue weighted by Crippen LogP contribution is 2.42. The summed E-state index contributed by atoms with van der Waals surface area (Å²) in [5.74, 6) is -1.88. The highest BCUT2D eigenvalue weighted by atomic mass is 16.3. The van der Waals surface area contributed by atoms with Crippen LogP contribution in [0.5, 0.6) is 5.75 Å². The van der Waals surface area contributed by atoms with Crippen molar-refractivity contribution >= 4 is 23.0 Å². The number of rotatable bonds is 13. The molecule has 1 aliphatic rings. The zero-order valence-electron chi connectivity index (χ0n) is 22.6. The topological polar surface area (TPSA) is 147 Å². The maximum Gasteiger partial charge on any atom is 0.167 e. The average Bonchev–Trinajstić information content (AvgIpc) is 2.84. The van der Waals surface area contributed by atoms with E-state index in [1.807, 2.05) is 55.4 Å². The van der Waals surface area contributed by atoms with Gasteiger partial charge in [-0.25, -0.2) is 0 Å². The summed E-state index contributed by atoms with van der Waals surface area (Å²) in [6, 6.07) is 12.0. The lowest BCUT2D eigenvalue weighted by Gasteiger charge is -2.33. The number of ketones is 3. The molecule has 0 radical (unpaired) electrons. The monoisotopic (exact) mass is 531 g/mol. The molecule has 0 aliphatic heterocycles. The summed E-state index contributed by atoms with van der Waals surface area (Å²) in [5.41, 5.74) is 3.97. The normalized spacial score (nSPS) is 16.2. The highest BCUT2D eigenvalue weighted by molar-refractivity contribution is 6.03. The van der Waals surface area contributed by atoms with Crippen molar-refractivity contribution in [3.8, 4) is 5.75 Å². The maximum atomic E-state index is 13.4. The fourth-order valence-electron chi connectivity index (χ4n) is 5.63. The first-order chi connectivity index (χ1) is 17.7. The van der Waals surface area contributed by atoms with Crippen molar-refractivity contribution in [2.45, 2.75) is 51.9 Å². The molecular formula is C30H45NO7. The van der Waals surface area contributed by atoms with Crippen LogP contribution in [0.15, 0.2) is 36.4 Å². The second-order valence-electron chi connectivity index (χ2n) is 10.5. The molecule has 0 saturated heterocycles. The van der Waals surface area contributed by atoms with Crippen molar-refractivity contribution in [2.24, 2.45) is 17.8 Å². The molecule has 5 N–H and O–H groups in total. The van der Waals surface area contributed by atoms with Gasteiger partial charge < -0.3 is 25.7 Å². The van der Waals surface area contributed by atoms with Crippen LogP contribution in [-0.4, -0.2) is 65.5 Å². The Labute approximate surface area is 227 Å². The molecule has 212 valence electrons. The lowest BCUT2D eigenvalue weighted by atomic mass is 9.73. The van der Waals surface area contributed by atoms with Gasteiger partial charge in [-0.3, -0.25) is 14.4 Å². The number of Topliss-reactive ketones (excluding diaryl/α,β-unsaturated/α-hetero) is 3. The third-order valence-corrected chi connectivity index (χ3v) is 7.45. The van der Waals surface area contributed by atoms with Crippen LogP contribution in [-0.2, 0) is 28.9 Å². The van der Waals surface area contributed by atoms with E-state index in [9.17, 15) is 29.7 Å². The van der Waals surface area contributed by atoms with Crippen LogP contribution in [0.4, 0.5) is 5.69 Å². The minimum absolute atomic E-state index is 0. The summed E-state index contributed by atoms with van der Waals surface area (Å²) in [7, 11) is 3.83. The van der Waals surface area contributed by atoms with Crippen LogP contribution in [0.3, 0.4) is 0 Å². The fourth-order valence-corrected chi connectivity index (χ4v) is 5.63. The molecular weight excluding hydrogens is 486 g/mol. The van der Waals surface area contributed by atoms with E-state index in [1.54, 1.807) is 0 Å². The molecule has 8 nitrogen and oxygen atoms in total. The van der Waals surface area contributed by atoms with Crippen LogP contribution >= 0.6 is 0 Å². The Morgan fingerprint density at radius 1 is 1.11 bits per heavy atom. The van der Waals surface area contributed by atoms with E-state index in [0.717, 1.165) is 28.8 Å². The van der Waals surface area contributed by atoms with E-state index in [2.05, 4.69) is 0 Å². The van der Waals surface area contributed by atoms with Gasteiger partial charge in [-0.15, -0.1) is 0 Å². The number of hydrogen-bond donors (Lipinski definition) is 3.